The summed E-state index contributed by atoms with van der Waals surface area (Å²) < 4.78 is 14.7. The molecule has 2 atom stereocenters. The first-order chi connectivity index (χ1) is 28.7. The summed E-state index contributed by atoms with van der Waals surface area (Å²) in [6.45, 7) is 0. The third kappa shape index (κ3) is 4.57. The van der Waals surface area contributed by atoms with Crippen molar-refractivity contribution in [1.29, 1.82) is 0 Å². The van der Waals surface area contributed by atoms with Gasteiger partial charge in [-0.1, -0.05) is 115 Å². The molecule has 0 amide bonds. The van der Waals surface area contributed by atoms with E-state index < -0.39 is 0 Å². The van der Waals surface area contributed by atoms with E-state index in [1.54, 1.807) is 0 Å². The van der Waals surface area contributed by atoms with Crippen LogP contribution in [-0.4, -0.2) is 10.6 Å². The van der Waals surface area contributed by atoms with E-state index in [0.717, 1.165) is 49.6 Å². The molecule has 8 aromatic carbocycles. The summed E-state index contributed by atoms with van der Waals surface area (Å²) in [6, 6.07) is 63.5. The number of allylic oxidation sites excluding steroid dienone is 2. The van der Waals surface area contributed by atoms with Crippen LogP contribution in [0.1, 0.15) is 17.0 Å². The zero-order chi connectivity index (χ0) is 37.9. The maximum absolute atomic E-state index is 6.15. The Labute approximate surface area is 333 Å². The monoisotopic (exact) mass is 742 g/mol. The van der Waals surface area contributed by atoms with Gasteiger partial charge in [0.1, 0.15) is 22.3 Å². The molecule has 1 aliphatic heterocycles. The second kappa shape index (κ2) is 12.0. The van der Waals surface area contributed by atoms with Crippen LogP contribution < -0.4 is 4.90 Å². The molecule has 0 bridgehead atoms. The highest BCUT2D eigenvalue weighted by Crippen LogP contribution is 2.50. The van der Waals surface area contributed by atoms with Crippen molar-refractivity contribution in [3.63, 3.8) is 0 Å². The van der Waals surface area contributed by atoms with E-state index in [2.05, 4.69) is 179 Å². The van der Waals surface area contributed by atoms with Crippen molar-refractivity contribution in [1.82, 2.24) is 4.57 Å². The van der Waals surface area contributed by atoms with Crippen molar-refractivity contribution in [3.8, 4) is 16.8 Å². The van der Waals surface area contributed by atoms with Gasteiger partial charge in [-0.05, 0) is 107 Å². The molecule has 0 radical (unpaired) electrons. The van der Waals surface area contributed by atoms with Gasteiger partial charge in [0.2, 0.25) is 0 Å². The second-order valence-corrected chi connectivity index (χ2v) is 15.6. The molecule has 4 nitrogen and oxygen atoms in total. The molecule has 272 valence electrons. The minimum absolute atomic E-state index is 0.153. The van der Waals surface area contributed by atoms with Crippen molar-refractivity contribution in [2.75, 3.05) is 4.90 Å². The molecule has 2 aliphatic rings. The van der Waals surface area contributed by atoms with Crippen molar-refractivity contribution < 1.29 is 8.83 Å². The van der Waals surface area contributed by atoms with Crippen molar-refractivity contribution in [2.24, 2.45) is 0 Å². The van der Waals surface area contributed by atoms with Gasteiger partial charge in [0.05, 0.1) is 17.1 Å². The minimum Gasteiger partial charge on any atom is -0.456 e. The van der Waals surface area contributed by atoms with E-state index >= 15 is 0 Å². The number of nitrogens with zero attached hydrogens (tertiary/aromatic N) is 2. The van der Waals surface area contributed by atoms with Crippen LogP contribution >= 0.6 is 0 Å². The van der Waals surface area contributed by atoms with Gasteiger partial charge in [0, 0.05) is 55.3 Å². The van der Waals surface area contributed by atoms with Crippen molar-refractivity contribution in [2.45, 2.75) is 12.0 Å². The molecule has 0 saturated carbocycles. The number of fused-ring (bicyclic) bond motifs is 12. The van der Waals surface area contributed by atoms with Crippen LogP contribution in [0, 0.1) is 0 Å². The van der Waals surface area contributed by atoms with E-state index in [-0.39, 0.29) is 12.0 Å². The molecule has 58 heavy (non-hydrogen) atoms. The van der Waals surface area contributed by atoms with Crippen LogP contribution in [0.3, 0.4) is 0 Å². The number of anilines is 2. The topological polar surface area (TPSA) is 34.5 Å². The first kappa shape index (κ1) is 31.6. The molecule has 13 rings (SSSR count). The van der Waals surface area contributed by atoms with Crippen molar-refractivity contribution in [3.05, 3.63) is 205 Å². The molecule has 0 fully saturated rings. The molecular formula is C54H34N2O2. The lowest BCUT2D eigenvalue weighted by molar-refractivity contribution is 0.668. The lowest BCUT2D eigenvalue weighted by atomic mass is 9.86. The minimum atomic E-state index is 0.153. The van der Waals surface area contributed by atoms with Gasteiger partial charge in [0.25, 0.3) is 0 Å². The molecule has 4 heterocycles. The van der Waals surface area contributed by atoms with Crippen LogP contribution in [0.5, 0.6) is 0 Å². The third-order valence-electron chi connectivity index (χ3n) is 12.5. The number of aromatic nitrogens is 1. The molecule has 4 heteroatoms. The number of hydrogen-bond donors (Lipinski definition) is 0. The van der Waals surface area contributed by atoms with E-state index in [0.29, 0.717) is 0 Å². The van der Waals surface area contributed by atoms with E-state index in [1.165, 1.54) is 61.0 Å². The molecule has 1 aliphatic carbocycles. The van der Waals surface area contributed by atoms with Crippen molar-refractivity contribution >= 4 is 82.6 Å². The van der Waals surface area contributed by atoms with Gasteiger partial charge in [-0.3, -0.25) is 0 Å². The van der Waals surface area contributed by atoms with Gasteiger partial charge in [-0.15, -0.1) is 0 Å². The lowest BCUT2D eigenvalue weighted by Gasteiger charge is -2.30. The highest BCUT2D eigenvalue weighted by molar-refractivity contribution is 6.11. The summed E-state index contributed by atoms with van der Waals surface area (Å²) in [5.74, 6) is 0.211. The van der Waals surface area contributed by atoms with E-state index in [1.807, 2.05) is 24.3 Å². The summed E-state index contributed by atoms with van der Waals surface area (Å²) in [5.41, 5.74) is 15.8. The van der Waals surface area contributed by atoms with Gasteiger partial charge in [-0.25, -0.2) is 0 Å². The van der Waals surface area contributed by atoms with Crippen LogP contribution in [0.4, 0.5) is 11.4 Å². The van der Waals surface area contributed by atoms with E-state index in [9.17, 15) is 0 Å². The molecule has 0 spiro atoms. The summed E-state index contributed by atoms with van der Waals surface area (Å²) in [6.07, 6.45) is 7.18. The highest BCUT2D eigenvalue weighted by Gasteiger charge is 2.38. The Morgan fingerprint density at radius 3 is 1.79 bits per heavy atom. The van der Waals surface area contributed by atoms with Gasteiger partial charge in [-0.2, -0.15) is 0 Å². The summed E-state index contributed by atoms with van der Waals surface area (Å²) in [4.78, 5) is 2.53. The van der Waals surface area contributed by atoms with Crippen LogP contribution in [0.25, 0.3) is 88.1 Å². The first-order valence-electron chi connectivity index (χ1n) is 20.0. The Bertz CT molecular complexity index is 3560. The predicted molar refractivity (Wildman–Crippen MR) is 239 cm³/mol. The summed E-state index contributed by atoms with van der Waals surface area (Å²) in [5, 5.41) is 7.06. The van der Waals surface area contributed by atoms with Crippen LogP contribution in [-0.2, 0) is 0 Å². The fourth-order valence-corrected chi connectivity index (χ4v) is 9.87. The maximum Gasteiger partial charge on any atom is 0.135 e. The zero-order valence-corrected chi connectivity index (χ0v) is 31.3. The van der Waals surface area contributed by atoms with Crippen LogP contribution in [0.2, 0.25) is 0 Å². The summed E-state index contributed by atoms with van der Waals surface area (Å²) in [7, 11) is 0. The van der Waals surface area contributed by atoms with E-state index in [4.69, 9.17) is 8.83 Å². The smallest absolute Gasteiger partial charge is 0.135 e. The Morgan fingerprint density at radius 2 is 1.00 bits per heavy atom. The maximum atomic E-state index is 6.15. The summed E-state index contributed by atoms with van der Waals surface area (Å²) >= 11 is 0. The number of hydrogen-bond acceptors (Lipinski definition) is 3. The van der Waals surface area contributed by atoms with Gasteiger partial charge < -0.3 is 18.3 Å². The molecule has 2 unspecified atom stereocenters. The molecule has 0 N–H and O–H groups in total. The normalized spacial score (nSPS) is 16.3. The van der Waals surface area contributed by atoms with Gasteiger partial charge in [0.15, 0.2) is 0 Å². The first-order valence-corrected chi connectivity index (χ1v) is 20.0. The SMILES string of the molecule is C1=CC2C(C=C1c1ccc3oc4ccccc4c3c1)c1ccccc1N2c1cccc(-n2c3ccccc3c3cc(-c4ccc5oc6ccccc6c5c4)ccc32)c1. The third-order valence-corrected chi connectivity index (χ3v) is 12.5. The Kier molecular flexibility index (Phi) is 6.53. The molecule has 3 aromatic heterocycles. The predicted octanol–water partition coefficient (Wildman–Crippen LogP) is 14.5. The average Bonchev–Trinajstić information content (AvgIpc) is 4.03. The fourth-order valence-electron chi connectivity index (χ4n) is 9.87. The molecular weight excluding hydrogens is 709 g/mol. The second-order valence-electron chi connectivity index (χ2n) is 15.6. The number of para-hydroxylation sites is 4. The Balaban J connectivity index is 0.898. The lowest BCUT2D eigenvalue weighted by Crippen LogP contribution is -2.29. The van der Waals surface area contributed by atoms with Crippen LogP contribution in [0.15, 0.2) is 203 Å². The Morgan fingerprint density at radius 1 is 0.414 bits per heavy atom. The zero-order valence-electron chi connectivity index (χ0n) is 31.3. The standard InChI is InChI=1S/C54H34N2O2/c1-5-16-47-39(12-1)43-28-33(35-22-26-53-45(30-35)41-14-3-7-18-51(41)57-53)20-24-49(43)55(47)37-10-9-11-38(32-37)56-48-17-6-2-13-40(48)44-29-34(21-25-50(44)56)36-23-27-54-46(31-36)42-15-4-8-19-52(42)58-54/h1-32,43,49H. The fraction of sp³-hybridized carbons (Fsp3) is 0.0370. The largest absolute Gasteiger partial charge is 0.456 e. The Hall–Kier alpha value is -7.56. The average molecular weight is 743 g/mol. The van der Waals surface area contributed by atoms with Gasteiger partial charge >= 0.3 is 0 Å². The number of benzene rings is 8. The number of rotatable bonds is 4. The number of furan rings is 2. The highest BCUT2D eigenvalue weighted by atomic mass is 16.3. The molecule has 11 aromatic rings. The molecule has 0 saturated heterocycles. The quantitative estimate of drug-likeness (QED) is 0.180.